The Morgan fingerprint density at radius 3 is 3.08 bits per heavy atom. The molecule has 0 fully saturated rings. The molecular formula is C10H13NS. The van der Waals surface area contributed by atoms with Crippen LogP contribution in [0, 0.1) is 11.8 Å². The van der Waals surface area contributed by atoms with Gasteiger partial charge >= 0.3 is 0 Å². The first-order valence-corrected chi connectivity index (χ1v) is 5.01. The molecule has 1 atom stereocenters. The summed E-state index contributed by atoms with van der Waals surface area (Å²) in [6.45, 7) is 2.12. The second-order valence-electron chi connectivity index (χ2n) is 2.64. The monoisotopic (exact) mass is 179 g/mol. The summed E-state index contributed by atoms with van der Waals surface area (Å²) in [6, 6.07) is 4.05. The molecule has 1 aromatic rings. The van der Waals surface area contributed by atoms with Crippen LogP contribution < -0.4 is 5.73 Å². The summed E-state index contributed by atoms with van der Waals surface area (Å²) in [5.74, 6) is 6.08. The summed E-state index contributed by atoms with van der Waals surface area (Å²) in [6.07, 6.45) is 2.08. The number of hydrogen-bond acceptors (Lipinski definition) is 2. The van der Waals surface area contributed by atoms with E-state index < -0.39 is 0 Å². The van der Waals surface area contributed by atoms with Crippen molar-refractivity contribution in [1.29, 1.82) is 0 Å². The van der Waals surface area contributed by atoms with Crippen LogP contribution in [-0.2, 0) is 0 Å². The minimum Gasteiger partial charge on any atom is -0.318 e. The minimum absolute atomic E-state index is 0.0390. The van der Waals surface area contributed by atoms with Crippen LogP contribution in [0.5, 0.6) is 0 Å². The van der Waals surface area contributed by atoms with E-state index in [0.717, 1.165) is 17.7 Å². The normalized spacial score (nSPS) is 11.8. The third-order valence-corrected chi connectivity index (χ3v) is 2.29. The quantitative estimate of drug-likeness (QED) is 0.692. The summed E-state index contributed by atoms with van der Waals surface area (Å²) in [4.78, 5) is 1.10. The average Bonchev–Trinajstić information content (AvgIpc) is 2.53. The van der Waals surface area contributed by atoms with Crippen LogP contribution in [0.2, 0.25) is 0 Å². The Morgan fingerprint density at radius 2 is 2.50 bits per heavy atom. The van der Waals surface area contributed by atoms with Crippen molar-refractivity contribution >= 4 is 11.3 Å². The topological polar surface area (TPSA) is 26.0 Å². The van der Waals surface area contributed by atoms with Crippen LogP contribution in [-0.4, -0.2) is 6.04 Å². The van der Waals surface area contributed by atoms with Crippen LogP contribution in [0.3, 0.4) is 0 Å². The molecular weight excluding hydrogens is 166 g/mol. The van der Waals surface area contributed by atoms with Gasteiger partial charge in [0.1, 0.15) is 0 Å². The van der Waals surface area contributed by atoms with Gasteiger partial charge in [0.2, 0.25) is 0 Å². The van der Waals surface area contributed by atoms with Gasteiger partial charge < -0.3 is 5.73 Å². The Hall–Kier alpha value is -0.780. The number of thiophene rings is 1. The maximum Gasteiger partial charge on any atom is 0.0768 e. The summed E-state index contributed by atoms with van der Waals surface area (Å²) in [5.41, 5.74) is 5.73. The molecule has 2 heteroatoms. The maximum absolute atomic E-state index is 5.73. The van der Waals surface area contributed by atoms with Gasteiger partial charge in [-0.25, -0.2) is 0 Å². The molecule has 0 bridgehead atoms. The Balaban J connectivity index is 2.48. The van der Waals surface area contributed by atoms with E-state index in [4.69, 9.17) is 5.73 Å². The molecule has 0 spiro atoms. The van der Waals surface area contributed by atoms with Gasteiger partial charge in [0, 0.05) is 0 Å². The fourth-order valence-electron chi connectivity index (χ4n) is 0.897. The molecule has 12 heavy (non-hydrogen) atoms. The van der Waals surface area contributed by atoms with Crippen molar-refractivity contribution in [2.75, 3.05) is 0 Å². The molecule has 0 aliphatic rings. The zero-order valence-electron chi connectivity index (χ0n) is 7.21. The van der Waals surface area contributed by atoms with Gasteiger partial charge in [-0.3, -0.25) is 0 Å². The Kier molecular flexibility index (Phi) is 3.86. The summed E-state index contributed by atoms with van der Waals surface area (Å²) in [7, 11) is 0. The van der Waals surface area contributed by atoms with Crippen LogP contribution >= 0.6 is 11.3 Å². The highest BCUT2D eigenvalue weighted by Crippen LogP contribution is 2.05. The number of nitrogens with two attached hydrogens (primary N) is 1. The van der Waals surface area contributed by atoms with E-state index in [9.17, 15) is 0 Å². The molecule has 1 rings (SSSR count). The Morgan fingerprint density at radius 1 is 1.67 bits per heavy atom. The SMILES string of the molecule is CCCC(N)C#Cc1cccs1. The average molecular weight is 179 g/mol. The molecule has 64 valence electrons. The zero-order chi connectivity index (χ0) is 8.81. The van der Waals surface area contributed by atoms with Crippen LogP contribution in [0.4, 0.5) is 0 Å². The first-order valence-electron chi connectivity index (χ1n) is 4.13. The van der Waals surface area contributed by atoms with Gasteiger partial charge in [-0.15, -0.1) is 11.3 Å². The molecule has 0 saturated heterocycles. The van der Waals surface area contributed by atoms with E-state index in [-0.39, 0.29) is 6.04 Å². The first kappa shape index (κ1) is 9.31. The minimum atomic E-state index is 0.0390. The molecule has 0 aliphatic carbocycles. The van der Waals surface area contributed by atoms with Crippen molar-refractivity contribution in [1.82, 2.24) is 0 Å². The second-order valence-corrected chi connectivity index (χ2v) is 3.59. The summed E-state index contributed by atoms with van der Waals surface area (Å²) >= 11 is 1.65. The van der Waals surface area contributed by atoms with Gasteiger partial charge in [0.15, 0.2) is 0 Å². The molecule has 1 unspecified atom stereocenters. The smallest absolute Gasteiger partial charge is 0.0768 e. The van der Waals surface area contributed by atoms with Gasteiger partial charge in [-0.05, 0) is 17.9 Å². The lowest BCUT2D eigenvalue weighted by molar-refractivity contribution is 0.720. The largest absolute Gasteiger partial charge is 0.318 e. The zero-order valence-corrected chi connectivity index (χ0v) is 8.03. The van der Waals surface area contributed by atoms with Crippen molar-refractivity contribution in [2.24, 2.45) is 5.73 Å². The van der Waals surface area contributed by atoms with E-state index in [1.54, 1.807) is 11.3 Å². The van der Waals surface area contributed by atoms with Crippen molar-refractivity contribution in [3.8, 4) is 11.8 Å². The van der Waals surface area contributed by atoms with Crippen molar-refractivity contribution < 1.29 is 0 Å². The second kappa shape index (κ2) is 4.97. The third-order valence-electron chi connectivity index (χ3n) is 1.50. The molecule has 0 aliphatic heterocycles. The molecule has 1 nitrogen and oxygen atoms in total. The van der Waals surface area contributed by atoms with Gasteiger partial charge in [0.25, 0.3) is 0 Å². The predicted molar refractivity (Wildman–Crippen MR) is 54.1 cm³/mol. The van der Waals surface area contributed by atoms with Gasteiger partial charge in [-0.2, -0.15) is 0 Å². The van der Waals surface area contributed by atoms with E-state index in [1.807, 2.05) is 17.5 Å². The van der Waals surface area contributed by atoms with Crippen molar-refractivity contribution in [3.63, 3.8) is 0 Å². The highest BCUT2D eigenvalue weighted by atomic mass is 32.1. The lowest BCUT2D eigenvalue weighted by Crippen LogP contribution is -2.16. The summed E-state index contributed by atoms with van der Waals surface area (Å²) < 4.78 is 0. The van der Waals surface area contributed by atoms with Crippen LogP contribution in [0.15, 0.2) is 17.5 Å². The fourth-order valence-corrected chi connectivity index (χ4v) is 1.48. The van der Waals surface area contributed by atoms with Gasteiger partial charge in [0.05, 0.1) is 10.9 Å². The lowest BCUT2D eigenvalue weighted by atomic mass is 10.2. The van der Waals surface area contributed by atoms with Crippen molar-refractivity contribution in [2.45, 2.75) is 25.8 Å². The number of hydrogen-bond donors (Lipinski definition) is 1. The molecule has 0 amide bonds. The highest BCUT2D eigenvalue weighted by molar-refractivity contribution is 7.10. The standard InChI is InChI=1S/C10H13NS/c1-2-4-9(11)6-7-10-5-3-8-12-10/h3,5,8-9H,2,4,11H2,1H3. The van der Waals surface area contributed by atoms with E-state index in [2.05, 4.69) is 18.8 Å². The van der Waals surface area contributed by atoms with Gasteiger partial charge in [-0.1, -0.05) is 31.3 Å². The third kappa shape index (κ3) is 3.08. The van der Waals surface area contributed by atoms with E-state index in [1.165, 1.54) is 0 Å². The van der Waals surface area contributed by atoms with Crippen molar-refractivity contribution in [3.05, 3.63) is 22.4 Å². The molecule has 1 heterocycles. The molecule has 0 aromatic carbocycles. The maximum atomic E-state index is 5.73. The highest BCUT2D eigenvalue weighted by Gasteiger charge is 1.93. The summed E-state index contributed by atoms with van der Waals surface area (Å²) in [5, 5.41) is 2.02. The molecule has 0 radical (unpaired) electrons. The lowest BCUT2D eigenvalue weighted by Gasteiger charge is -1.97. The number of rotatable bonds is 2. The fraction of sp³-hybridized carbons (Fsp3) is 0.400. The van der Waals surface area contributed by atoms with E-state index >= 15 is 0 Å². The van der Waals surface area contributed by atoms with Crippen LogP contribution in [0.1, 0.15) is 24.6 Å². The first-order chi connectivity index (χ1) is 5.83. The Bertz CT molecular complexity index is 266. The van der Waals surface area contributed by atoms with E-state index in [0.29, 0.717) is 0 Å². The Labute approximate surface area is 77.6 Å². The molecule has 1 aromatic heterocycles. The van der Waals surface area contributed by atoms with Crippen LogP contribution in [0.25, 0.3) is 0 Å². The predicted octanol–water partition coefficient (Wildman–Crippen LogP) is 2.23. The molecule has 2 N–H and O–H groups in total. The molecule has 0 saturated carbocycles.